The summed E-state index contributed by atoms with van der Waals surface area (Å²) in [5.74, 6) is -3.15. The fraction of sp³-hybridized carbons (Fsp3) is 0.600. The number of carboxylic acids is 1. The van der Waals surface area contributed by atoms with Gasteiger partial charge in [0.15, 0.2) is 5.69 Å². The monoisotopic (exact) mass is 292 g/mol. The minimum atomic E-state index is -4.91. The first-order chi connectivity index (χ1) is 9.29. The highest BCUT2D eigenvalue weighted by Gasteiger charge is 2.46. The minimum Gasteiger partial charge on any atom is -0.476 e. The number of rotatable bonds is 3. The maximum Gasteiger partial charge on any atom is 0.471 e. The van der Waals surface area contributed by atoms with Gasteiger partial charge in [-0.25, -0.2) is 9.48 Å². The van der Waals surface area contributed by atoms with Crippen LogP contribution in [0.4, 0.5) is 13.2 Å². The van der Waals surface area contributed by atoms with Crippen molar-refractivity contribution in [3.8, 4) is 0 Å². The molecule has 1 amide bonds. The average molecular weight is 292 g/mol. The van der Waals surface area contributed by atoms with Gasteiger partial charge in [-0.2, -0.15) is 13.2 Å². The normalized spacial score (nSPS) is 19.4. The van der Waals surface area contributed by atoms with Crippen molar-refractivity contribution in [2.45, 2.75) is 31.6 Å². The fourth-order valence-electron chi connectivity index (χ4n) is 2.16. The van der Waals surface area contributed by atoms with E-state index in [9.17, 15) is 22.8 Å². The molecule has 1 saturated heterocycles. The highest BCUT2D eigenvalue weighted by Crippen LogP contribution is 2.26. The van der Waals surface area contributed by atoms with E-state index in [1.54, 1.807) is 0 Å². The molecule has 1 atom stereocenters. The SMILES string of the molecule is O=C(O)c1cn(C[C@@H]2CCCN2C(=O)C(F)(F)F)nn1. The highest BCUT2D eigenvalue weighted by atomic mass is 19.4. The lowest BCUT2D eigenvalue weighted by molar-refractivity contribution is -0.186. The second-order valence-electron chi connectivity index (χ2n) is 4.42. The van der Waals surface area contributed by atoms with E-state index in [1.165, 1.54) is 0 Å². The van der Waals surface area contributed by atoms with Crippen molar-refractivity contribution in [2.24, 2.45) is 0 Å². The van der Waals surface area contributed by atoms with Gasteiger partial charge in [0, 0.05) is 6.54 Å². The van der Waals surface area contributed by atoms with Crippen LogP contribution in [0.2, 0.25) is 0 Å². The molecule has 20 heavy (non-hydrogen) atoms. The fourth-order valence-corrected chi connectivity index (χ4v) is 2.16. The summed E-state index contributed by atoms with van der Waals surface area (Å²) in [5, 5.41) is 15.6. The van der Waals surface area contributed by atoms with Crippen molar-refractivity contribution in [2.75, 3.05) is 6.54 Å². The van der Waals surface area contributed by atoms with Crippen molar-refractivity contribution in [1.29, 1.82) is 0 Å². The number of hydrogen-bond donors (Lipinski definition) is 1. The average Bonchev–Trinajstić information content (AvgIpc) is 2.96. The molecule has 0 aromatic carbocycles. The number of aromatic carboxylic acids is 1. The number of alkyl halides is 3. The lowest BCUT2D eigenvalue weighted by Gasteiger charge is -2.25. The third-order valence-electron chi connectivity index (χ3n) is 3.04. The van der Waals surface area contributed by atoms with Gasteiger partial charge in [-0.1, -0.05) is 5.21 Å². The summed E-state index contributed by atoms with van der Waals surface area (Å²) in [7, 11) is 0. The standard InChI is InChI=1S/C10H11F3N4O3/c11-10(12,13)9(20)17-3-1-2-6(17)4-16-5-7(8(18)19)14-15-16/h5-6H,1-4H2,(H,18,19)/t6-/m0/s1. The van der Waals surface area contributed by atoms with E-state index in [1.807, 2.05) is 0 Å². The molecule has 0 spiro atoms. The number of nitrogens with zero attached hydrogens (tertiary/aromatic N) is 4. The first-order valence-electron chi connectivity index (χ1n) is 5.80. The van der Waals surface area contributed by atoms with Crippen LogP contribution in [-0.4, -0.2) is 55.6 Å². The summed E-state index contributed by atoms with van der Waals surface area (Å²) in [6, 6.07) is -0.660. The van der Waals surface area contributed by atoms with Gasteiger partial charge < -0.3 is 10.0 Å². The van der Waals surface area contributed by atoms with Crippen molar-refractivity contribution in [3.63, 3.8) is 0 Å². The summed E-state index contributed by atoms with van der Waals surface area (Å²) in [5.41, 5.74) is -0.295. The van der Waals surface area contributed by atoms with Gasteiger partial charge in [-0.15, -0.1) is 5.10 Å². The number of amides is 1. The Labute approximate surface area is 111 Å². The molecule has 1 aliphatic rings. The van der Waals surface area contributed by atoms with E-state index in [4.69, 9.17) is 5.11 Å². The van der Waals surface area contributed by atoms with Gasteiger partial charge in [0.25, 0.3) is 0 Å². The lowest BCUT2D eigenvalue weighted by Crippen LogP contribution is -2.45. The zero-order chi connectivity index (χ0) is 14.9. The first-order valence-corrected chi connectivity index (χ1v) is 5.80. The molecular weight excluding hydrogens is 281 g/mol. The minimum absolute atomic E-state index is 0.0118. The molecule has 1 fully saturated rings. The van der Waals surface area contributed by atoms with E-state index in [2.05, 4.69) is 10.3 Å². The second kappa shape index (κ2) is 5.10. The maximum atomic E-state index is 12.4. The predicted molar refractivity (Wildman–Crippen MR) is 57.8 cm³/mol. The van der Waals surface area contributed by atoms with Crippen molar-refractivity contribution in [3.05, 3.63) is 11.9 Å². The third-order valence-corrected chi connectivity index (χ3v) is 3.04. The van der Waals surface area contributed by atoms with Gasteiger partial charge in [-0.05, 0) is 12.8 Å². The summed E-state index contributed by atoms with van der Waals surface area (Å²) >= 11 is 0. The number of carbonyl (C=O) groups excluding carboxylic acids is 1. The van der Waals surface area contributed by atoms with E-state index in [-0.39, 0.29) is 18.8 Å². The zero-order valence-corrected chi connectivity index (χ0v) is 10.2. The van der Waals surface area contributed by atoms with Crippen LogP contribution in [0.3, 0.4) is 0 Å². The number of halogens is 3. The van der Waals surface area contributed by atoms with Gasteiger partial charge >= 0.3 is 18.1 Å². The molecule has 1 aromatic rings. The quantitative estimate of drug-likeness (QED) is 0.878. The Kier molecular flexibility index (Phi) is 3.64. The van der Waals surface area contributed by atoms with Crippen LogP contribution in [0.25, 0.3) is 0 Å². The van der Waals surface area contributed by atoms with Crippen LogP contribution in [0.1, 0.15) is 23.3 Å². The second-order valence-corrected chi connectivity index (χ2v) is 4.42. The van der Waals surface area contributed by atoms with Crippen LogP contribution in [-0.2, 0) is 11.3 Å². The molecule has 0 bridgehead atoms. The summed E-state index contributed by atoms with van der Waals surface area (Å²) in [6.07, 6.45) is -2.91. The molecule has 0 saturated carbocycles. The van der Waals surface area contributed by atoms with E-state index < -0.39 is 24.1 Å². The molecule has 1 aliphatic heterocycles. The molecular formula is C10H11F3N4O3. The predicted octanol–water partition coefficient (Wildman–Crippen LogP) is 0.530. The van der Waals surface area contributed by atoms with Gasteiger partial charge in [-0.3, -0.25) is 4.79 Å². The number of carbonyl (C=O) groups is 2. The van der Waals surface area contributed by atoms with Crippen LogP contribution in [0.15, 0.2) is 6.20 Å². The third kappa shape index (κ3) is 2.89. The number of hydrogen-bond acceptors (Lipinski definition) is 4. The van der Waals surface area contributed by atoms with Crippen LogP contribution < -0.4 is 0 Å². The van der Waals surface area contributed by atoms with Crippen LogP contribution in [0, 0.1) is 0 Å². The molecule has 1 aromatic heterocycles. The van der Waals surface area contributed by atoms with E-state index >= 15 is 0 Å². The van der Waals surface area contributed by atoms with Gasteiger partial charge in [0.05, 0.1) is 18.8 Å². The number of carboxylic acid groups (broad SMARTS) is 1. The molecule has 110 valence electrons. The molecule has 2 heterocycles. The van der Waals surface area contributed by atoms with E-state index in [0.29, 0.717) is 12.8 Å². The number of aromatic nitrogens is 3. The molecule has 10 heteroatoms. The Morgan fingerprint density at radius 3 is 2.70 bits per heavy atom. The molecule has 2 rings (SSSR count). The highest BCUT2D eigenvalue weighted by molar-refractivity contribution is 5.84. The summed E-state index contributed by atoms with van der Waals surface area (Å²) < 4.78 is 38.4. The van der Waals surface area contributed by atoms with Gasteiger partial charge in [0.2, 0.25) is 0 Å². The Morgan fingerprint density at radius 1 is 1.45 bits per heavy atom. The Balaban J connectivity index is 2.07. The van der Waals surface area contributed by atoms with Crippen LogP contribution in [0.5, 0.6) is 0 Å². The Hall–Kier alpha value is -2.13. The van der Waals surface area contributed by atoms with Crippen LogP contribution >= 0.6 is 0 Å². The molecule has 0 unspecified atom stereocenters. The van der Waals surface area contributed by atoms with Crippen molar-refractivity contribution < 1.29 is 27.9 Å². The summed E-state index contributed by atoms with van der Waals surface area (Å²) in [6.45, 7) is 0.0194. The molecule has 7 nitrogen and oxygen atoms in total. The van der Waals surface area contributed by atoms with Crippen molar-refractivity contribution in [1.82, 2.24) is 19.9 Å². The van der Waals surface area contributed by atoms with E-state index in [0.717, 1.165) is 15.8 Å². The summed E-state index contributed by atoms with van der Waals surface area (Å²) in [4.78, 5) is 22.6. The maximum absolute atomic E-state index is 12.4. The van der Waals surface area contributed by atoms with Crippen molar-refractivity contribution >= 4 is 11.9 Å². The first kappa shape index (κ1) is 14.3. The van der Waals surface area contributed by atoms with Gasteiger partial charge in [0.1, 0.15) is 0 Å². The topological polar surface area (TPSA) is 88.3 Å². The Morgan fingerprint density at radius 2 is 2.15 bits per heavy atom. The largest absolute Gasteiger partial charge is 0.476 e. The smallest absolute Gasteiger partial charge is 0.471 e. The number of likely N-dealkylation sites (tertiary alicyclic amines) is 1. The molecule has 1 N–H and O–H groups in total. The lowest BCUT2D eigenvalue weighted by atomic mass is 10.2. The Bertz CT molecular complexity index is 528. The zero-order valence-electron chi connectivity index (χ0n) is 10.2. The molecule has 0 radical (unpaired) electrons. The molecule has 0 aliphatic carbocycles.